The summed E-state index contributed by atoms with van der Waals surface area (Å²) in [5, 5.41) is 5.99. The van der Waals surface area contributed by atoms with Crippen LogP contribution in [0.25, 0.3) is 0 Å². The van der Waals surface area contributed by atoms with E-state index in [9.17, 15) is 9.18 Å². The van der Waals surface area contributed by atoms with Crippen LogP contribution in [0.4, 0.5) is 21.6 Å². The summed E-state index contributed by atoms with van der Waals surface area (Å²) in [6, 6.07) is 15.1. The van der Waals surface area contributed by atoms with Gasteiger partial charge in [-0.25, -0.2) is 9.37 Å². The Morgan fingerprint density at radius 1 is 1.00 bits per heavy atom. The first kappa shape index (κ1) is 16.6. The van der Waals surface area contributed by atoms with E-state index in [0.717, 1.165) is 11.3 Å². The molecule has 0 atom stereocenters. The van der Waals surface area contributed by atoms with Crippen LogP contribution in [0, 0.1) is 19.7 Å². The number of amides is 1. The number of benzene rings is 2. The van der Waals surface area contributed by atoms with Crippen molar-refractivity contribution in [3.8, 4) is 0 Å². The largest absolute Gasteiger partial charge is 0.340 e. The zero-order valence-corrected chi connectivity index (χ0v) is 14.0. The van der Waals surface area contributed by atoms with Gasteiger partial charge in [-0.1, -0.05) is 17.7 Å². The molecular formula is C20H18FN3O. The van der Waals surface area contributed by atoms with Gasteiger partial charge in [0.1, 0.15) is 11.6 Å². The van der Waals surface area contributed by atoms with Crippen LogP contribution in [0.1, 0.15) is 21.5 Å². The molecule has 5 heteroatoms. The van der Waals surface area contributed by atoms with Crippen molar-refractivity contribution in [2.75, 3.05) is 10.6 Å². The average Bonchev–Trinajstić information content (AvgIpc) is 2.59. The van der Waals surface area contributed by atoms with Crippen molar-refractivity contribution in [3.63, 3.8) is 0 Å². The third-order valence-corrected chi connectivity index (χ3v) is 3.77. The van der Waals surface area contributed by atoms with E-state index in [1.165, 1.54) is 29.8 Å². The molecule has 1 amide bonds. The van der Waals surface area contributed by atoms with Gasteiger partial charge in [0.25, 0.3) is 5.91 Å². The highest BCUT2D eigenvalue weighted by atomic mass is 19.1. The fourth-order valence-corrected chi connectivity index (χ4v) is 2.44. The minimum atomic E-state index is -0.375. The summed E-state index contributed by atoms with van der Waals surface area (Å²) in [5.74, 6) is 0.00339. The van der Waals surface area contributed by atoms with Gasteiger partial charge in [0, 0.05) is 11.3 Å². The summed E-state index contributed by atoms with van der Waals surface area (Å²) in [6.45, 7) is 4.08. The second-order valence-electron chi connectivity index (χ2n) is 5.84. The van der Waals surface area contributed by atoms with Crippen LogP contribution in [0.2, 0.25) is 0 Å². The van der Waals surface area contributed by atoms with Gasteiger partial charge in [-0.15, -0.1) is 0 Å². The summed E-state index contributed by atoms with van der Waals surface area (Å²) in [6.07, 6.45) is 1.58. The number of nitrogens with one attached hydrogen (secondary N) is 2. The van der Waals surface area contributed by atoms with Gasteiger partial charge < -0.3 is 10.6 Å². The van der Waals surface area contributed by atoms with Gasteiger partial charge in [-0.2, -0.15) is 0 Å². The van der Waals surface area contributed by atoms with Crippen molar-refractivity contribution < 1.29 is 9.18 Å². The van der Waals surface area contributed by atoms with E-state index >= 15 is 0 Å². The second-order valence-corrected chi connectivity index (χ2v) is 5.84. The standard InChI is InChI=1S/C20H18FN3O/c1-13-3-9-18(14(2)11-13)24-19-10-8-17(12-22-19)23-20(25)15-4-6-16(21)7-5-15/h3-12H,1-2H3,(H,22,24)(H,23,25). The SMILES string of the molecule is Cc1ccc(Nc2ccc(NC(=O)c3ccc(F)cc3)cn2)c(C)c1. The van der Waals surface area contributed by atoms with Crippen LogP contribution >= 0.6 is 0 Å². The number of halogens is 1. The lowest BCUT2D eigenvalue weighted by atomic mass is 10.1. The zero-order valence-electron chi connectivity index (χ0n) is 14.0. The first-order chi connectivity index (χ1) is 12.0. The molecule has 0 saturated heterocycles. The van der Waals surface area contributed by atoms with Gasteiger partial charge in [0.2, 0.25) is 0 Å². The number of carbonyl (C=O) groups excluding carboxylic acids is 1. The molecule has 0 unspecified atom stereocenters. The maximum atomic E-state index is 12.9. The zero-order chi connectivity index (χ0) is 17.8. The number of nitrogens with zero attached hydrogens (tertiary/aromatic N) is 1. The number of hydrogen-bond donors (Lipinski definition) is 2. The maximum Gasteiger partial charge on any atom is 0.255 e. The molecule has 0 aliphatic rings. The van der Waals surface area contributed by atoms with E-state index in [-0.39, 0.29) is 11.7 Å². The summed E-state index contributed by atoms with van der Waals surface area (Å²) >= 11 is 0. The van der Waals surface area contributed by atoms with E-state index < -0.39 is 0 Å². The highest BCUT2D eigenvalue weighted by Gasteiger charge is 2.07. The number of rotatable bonds is 4. The van der Waals surface area contributed by atoms with Gasteiger partial charge in [0.15, 0.2) is 0 Å². The van der Waals surface area contributed by atoms with E-state index in [0.29, 0.717) is 17.1 Å². The van der Waals surface area contributed by atoms with Gasteiger partial charge in [0.05, 0.1) is 11.9 Å². The number of anilines is 3. The molecule has 1 aromatic heterocycles. The molecule has 4 nitrogen and oxygen atoms in total. The molecule has 0 fully saturated rings. The third-order valence-electron chi connectivity index (χ3n) is 3.77. The minimum absolute atomic E-state index is 0.308. The molecule has 0 bridgehead atoms. The highest BCUT2D eigenvalue weighted by molar-refractivity contribution is 6.04. The Morgan fingerprint density at radius 2 is 1.76 bits per heavy atom. The topological polar surface area (TPSA) is 54.0 Å². The Morgan fingerprint density at radius 3 is 2.40 bits per heavy atom. The van der Waals surface area contributed by atoms with Crippen molar-refractivity contribution in [1.29, 1.82) is 0 Å². The lowest BCUT2D eigenvalue weighted by Crippen LogP contribution is -2.12. The predicted molar refractivity (Wildman–Crippen MR) is 97.8 cm³/mol. The van der Waals surface area contributed by atoms with Crippen LogP contribution < -0.4 is 10.6 Å². The van der Waals surface area contributed by atoms with E-state index in [1.807, 2.05) is 26.0 Å². The quantitative estimate of drug-likeness (QED) is 0.718. The Bertz CT molecular complexity index is 890. The molecule has 2 aromatic carbocycles. The fourth-order valence-electron chi connectivity index (χ4n) is 2.44. The third kappa shape index (κ3) is 4.20. The molecule has 2 N–H and O–H groups in total. The first-order valence-electron chi connectivity index (χ1n) is 7.88. The molecule has 0 saturated carbocycles. The average molecular weight is 335 g/mol. The molecule has 0 radical (unpaired) electrons. The molecular weight excluding hydrogens is 317 g/mol. The Balaban J connectivity index is 1.67. The first-order valence-corrected chi connectivity index (χ1v) is 7.88. The molecule has 1 heterocycles. The van der Waals surface area contributed by atoms with Crippen LogP contribution in [-0.4, -0.2) is 10.9 Å². The molecule has 0 aliphatic heterocycles. The normalized spacial score (nSPS) is 10.4. The van der Waals surface area contributed by atoms with Crippen LogP contribution in [-0.2, 0) is 0 Å². The lowest BCUT2D eigenvalue weighted by Gasteiger charge is -2.10. The number of aryl methyl sites for hydroxylation is 2. The van der Waals surface area contributed by atoms with Crippen molar-refractivity contribution in [1.82, 2.24) is 4.98 Å². The van der Waals surface area contributed by atoms with Crippen molar-refractivity contribution in [2.45, 2.75) is 13.8 Å². The molecule has 3 aromatic rings. The number of pyridine rings is 1. The Kier molecular flexibility index (Phi) is 4.75. The molecule has 0 spiro atoms. The van der Waals surface area contributed by atoms with Crippen molar-refractivity contribution >= 4 is 23.1 Å². The monoisotopic (exact) mass is 335 g/mol. The Hall–Kier alpha value is -3.21. The minimum Gasteiger partial charge on any atom is -0.340 e. The van der Waals surface area contributed by atoms with Crippen molar-refractivity contribution in [3.05, 3.63) is 83.3 Å². The molecule has 25 heavy (non-hydrogen) atoms. The number of carbonyl (C=O) groups is 1. The molecule has 3 rings (SSSR count). The highest BCUT2D eigenvalue weighted by Crippen LogP contribution is 2.21. The van der Waals surface area contributed by atoms with E-state index in [1.54, 1.807) is 18.3 Å². The van der Waals surface area contributed by atoms with Crippen LogP contribution in [0.3, 0.4) is 0 Å². The predicted octanol–water partition coefficient (Wildman–Crippen LogP) is 4.83. The molecule has 0 aliphatic carbocycles. The van der Waals surface area contributed by atoms with Gasteiger partial charge in [-0.3, -0.25) is 4.79 Å². The number of aromatic nitrogens is 1. The lowest BCUT2D eigenvalue weighted by molar-refractivity contribution is 0.102. The van der Waals surface area contributed by atoms with E-state index in [4.69, 9.17) is 0 Å². The smallest absolute Gasteiger partial charge is 0.255 e. The summed E-state index contributed by atoms with van der Waals surface area (Å²) in [5.41, 5.74) is 4.28. The van der Waals surface area contributed by atoms with Gasteiger partial charge in [-0.05, 0) is 61.9 Å². The van der Waals surface area contributed by atoms with Gasteiger partial charge >= 0.3 is 0 Å². The van der Waals surface area contributed by atoms with Crippen LogP contribution in [0.5, 0.6) is 0 Å². The number of hydrogen-bond acceptors (Lipinski definition) is 3. The van der Waals surface area contributed by atoms with Crippen molar-refractivity contribution in [2.24, 2.45) is 0 Å². The Labute approximate surface area is 145 Å². The summed E-state index contributed by atoms with van der Waals surface area (Å²) < 4.78 is 12.9. The summed E-state index contributed by atoms with van der Waals surface area (Å²) in [7, 11) is 0. The molecule has 126 valence electrons. The van der Waals surface area contributed by atoms with E-state index in [2.05, 4.69) is 21.7 Å². The maximum absolute atomic E-state index is 12.9. The fraction of sp³-hybridized carbons (Fsp3) is 0.100. The van der Waals surface area contributed by atoms with Crippen LogP contribution in [0.15, 0.2) is 60.8 Å². The second kappa shape index (κ2) is 7.13. The summed E-state index contributed by atoms with van der Waals surface area (Å²) in [4.78, 5) is 16.4.